The summed E-state index contributed by atoms with van der Waals surface area (Å²) in [6.45, 7) is 5.88. The molecule has 0 atom stereocenters. The first kappa shape index (κ1) is 23.0. The molecule has 0 unspecified atom stereocenters. The molecule has 4 rings (SSSR count). The summed E-state index contributed by atoms with van der Waals surface area (Å²) < 4.78 is 24.5. The van der Waals surface area contributed by atoms with E-state index in [9.17, 15) is 9.18 Å². The number of morpholine rings is 1. The smallest absolute Gasteiger partial charge is 0.320 e. The second kappa shape index (κ2) is 9.36. The van der Waals surface area contributed by atoms with Crippen molar-refractivity contribution in [1.82, 2.24) is 14.9 Å². The number of nitrogen functional groups attached to an aromatic ring is 1. The van der Waals surface area contributed by atoms with Gasteiger partial charge in [-0.1, -0.05) is 11.6 Å². The van der Waals surface area contributed by atoms with E-state index in [1.807, 2.05) is 13.8 Å². The lowest BCUT2D eigenvalue weighted by Gasteiger charge is -2.41. The predicted molar refractivity (Wildman–Crippen MR) is 125 cm³/mol. The summed E-state index contributed by atoms with van der Waals surface area (Å²) in [5.41, 5.74) is 7.70. The second-order valence-electron chi connectivity index (χ2n) is 8.48. The third-order valence-electron chi connectivity index (χ3n) is 5.54. The van der Waals surface area contributed by atoms with Crippen LogP contribution in [0.5, 0.6) is 5.75 Å². The van der Waals surface area contributed by atoms with E-state index in [1.165, 1.54) is 18.5 Å². The Hall–Kier alpha value is -3.17. The van der Waals surface area contributed by atoms with Crippen molar-refractivity contribution in [2.45, 2.75) is 25.8 Å². The molecule has 1 fully saturated rings. The van der Waals surface area contributed by atoms with E-state index in [1.54, 1.807) is 18.2 Å². The predicted octanol–water partition coefficient (Wildman–Crippen LogP) is 4.15. The van der Waals surface area contributed by atoms with Gasteiger partial charge in [0.2, 0.25) is 0 Å². The molecule has 2 heterocycles. The number of hydrogen-bond acceptors (Lipinski definition) is 8. The summed E-state index contributed by atoms with van der Waals surface area (Å²) in [5, 5.41) is 3.82. The van der Waals surface area contributed by atoms with Crippen LogP contribution in [0.15, 0.2) is 36.7 Å². The van der Waals surface area contributed by atoms with Crippen molar-refractivity contribution in [2.75, 3.05) is 37.4 Å². The molecule has 0 aliphatic carbocycles. The number of rotatable bonds is 7. The van der Waals surface area contributed by atoms with E-state index in [0.717, 1.165) is 6.42 Å². The molecule has 3 N–H and O–H groups in total. The average molecular weight is 474 g/mol. The molecular formula is C23H25ClFN5O3. The van der Waals surface area contributed by atoms with Gasteiger partial charge in [0, 0.05) is 23.7 Å². The normalized spacial score (nSPS) is 15.9. The number of anilines is 3. The maximum atomic E-state index is 13.4. The molecular weight excluding hydrogens is 449 g/mol. The van der Waals surface area contributed by atoms with Gasteiger partial charge in [0.1, 0.15) is 30.3 Å². The molecule has 0 saturated carbocycles. The Morgan fingerprint density at radius 1 is 1.30 bits per heavy atom. The molecule has 1 aromatic heterocycles. The van der Waals surface area contributed by atoms with Crippen LogP contribution in [0, 0.1) is 5.82 Å². The van der Waals surface area contributed by atoms with Gasteiger partial charge in [0.25, 0.3) is 0 Å². The zero-order valence-corrected chi connectivity index (χ0v) is 19.2. The molecule has 2 aromatic carbocycles. The first-order valence-electron chi connectivity index (χ1n) is 10.5. The topological polar surface area (TPSA) is 103 Å². The maximum Gasteiger partial charge on any atom is 0.320 e. The van der Waals surface area contributed by atoms with Crippen LogP contribution in [0.3, 0.4) is 0 Å². The van der Waals surface area contributed by atoms with E-state index in [0.29, 0.717) is 53.6 Å². The minimum absolute atomic E-state index is 0.0124. The fourth-order valence-electron chi connectivity index (χ4n) is 3.62. The number of nitrogens with two attached hydrogens (primary N) is 1. The minimum atomic E-state index is -0.496. The highest BCUT2D eigenvalue weighted by Gasteiger charge is 2.34. The number of carbonyl (C=O) groups is 1. The van der Waals surface area contributed by atoms with E-state index < -0.39 is 5.82 Å². The third-order valence-corrected chi connectivity index (χ3v) is 5.83. The Kier molecular flexibility index (Phi) is 6.53. The van der Waals surface area contributed by atoms with Crippen LogP contribution in [0.2, 0.25) is 5.02 Å². The second-order valence-corrected chi connectivity index (χ2v) is 8.89. The number of esters is 1. The van der Waals surface area contributed by atoms with Gasteiger partial charge >= 0.3 is 5.97 Å². The Morgan fingerprint density at radius 3 is 2.91 bits per heavy atom. The van der Waals surface area contributed by atoms with Gasteiger partial charge in [-0.3, -0.25) is 9.69 Å². The molecule has 1 aliphatic rings. The molecule has 0 spiro atoms. The lowest BCUT2D eigenvalue weighted by atomic mass is 10.0. The molecule has 1 aliphatic heterocycles. The molecule has 0 amide bonds. The summed E-state index contributed by atoms with van der Waals surface area (Å²) in [7, 11) is 0. The number of benzene rings is 2. The number of halogens is 2. The van der Waals surface area contributed by atoms with Crippen molar-refractivity contribution in [3.63, 3.8) is 0 Å². The monoisotopic (exact) mass is 473 g/mol. The highest BCUT2D eigenvalue weighted by molar-refractivity contribution is 6.31. The van der Waals surface area contributed by atoms with Crippen LogP contribution < -0.4 is 15.8 Å². The van der Waals surface area contributed by atoms with Crippen molar-refractivity contribution < 1.29 is 18.7 Å². The number of aromatic nitrogens is 2. The molecule has 33 heavy (non-hydrogen) atoms. The van der Waals surface area contributed by atoms with Gasteiger partial charge in [-0.25, -0.2) is 14.4 Å². The first-order valence-corrected chi connectivity index (χ1v) is 10.9. The van der Waals surface area contributed by atoms with Gasteiger partial charge in [0.15, 0.2) is 0 Å². The van der Waals surface area contributed by atoms with Crippen molar-refractivity contribution in [3.8, 4) is 5.75 Å². The Balaban J connectivity index is 1.43. The highest BCUT2D eigenvalue weighted by Crippen LogP contribution is 2.32. The standard InChI is InChI=1S/C23H25ClFN5O3/c1-23(2)12-33-21(31)11-30(23)6-3-7-32-20-10-19-15(9-18(20)26)22(28-13-27-19)29-14-4-5-17(25)16(24)8-14/h4-5,8-10,13H,3,6-7,11-12,26H2,1-2H3,(H,27,28,29). The molecule has 1 saturated heterocycles. The van der Waals surface area contributed by atoms with Crippen molar-refractivity contribution >= 4 is 45.7 Å². The molecule has 8 nitrogen and oxygen atoms in total. The third kappa shape index (κ3) is 5.26. The lowest BCUT2D eigenvalue weighted by Crippen LogP contribution is -2.55. The quantitative estimate of drug-likeness (QED) is 0.299. The fraction of sp³-hybridized carbons (Fsp3) is 0.348. The van der Waals surface area contributed by atoms with Gasteiger partial charge in [-0.2, -0.15) is 0 Å². The molecule has 0 radical (unpaired) electrons. The van der Waals surface area contributed by atoms with E-state index in [4.69, 9.17) is 26.8 Å². The summed E-state index contributed by atoms with van der Waals surface area (Å²) in [6, 6.07) is 7.83. The Bertz CT molecular complexity index is 1190. The van der Waals surface area contributed by atoms with E-state index in [-0.39, 0.29) is 23.1 Å². The van der Waals surface area contributed by atoms with E-state index in [2.05, 4.69) is 20.2 Å². The van der Waals surface area contributed by atoms with Crippen LogP contribution in [0.4, 0.5) is 21.6 Å². The van der Waals surface area contributed by atoms with Crippen molar-refractivity contribution in [2.24, 2.45) is 0 Å². The summed E-state index contributed by atoms with van der Waals surface area (Å²) in [6.07, 6.45) is 2.14. The van der Waals surface area contributed by atoms with Crippen LogP contribution in [-0.2, 0) is 9.53 Å². The number of hydrogen-bond donors (Lipinski definition) is 2. The minimum Gasteiger partial charge on any atom is -0.491 e. The van der Waals surface area contributed by atoms with Crippen molar-refractivity contribution in [3.05, 3.63) is 47.5 Å². The summed E-state index contributed by atoms with van der Waals surface area (Å²) in [4.78, 5) is 22.3. The van der Waals surface area contributed by atoms with E-state index >= 15 is 0 Å². The SMILES string of the molecule is CC1(C)COC(=O)CN1CCCOc1cc2ncnc(Nc3ccc(F)c(Cl)c3)c2cc1N. The number of cyclic esters (lactones) is 1. The first-order chi connectivity index (χ1) is 15.7. The zero-order chi connectivity index (χ0) is 23.6. The largest absolute Gasteiger partial charge is 0.491 e. The van der Waals surface area contributed by atoms with Crippen LogP contribution >= 0.6 is 11.6 Å². The molecule has 0 bridgehead atoms. The number of carbonyl (C=O) groups excluding carboxylic acids is 1. The zero-order valence-electron chi connectivity index (χ0n) is 18.4. The fourth-order valence-corrected chi connectivity index (χ4v) is 3.80. The summed E-state index contributed by atoms with van der Waals surface area (Å²) in [5.74, 6) is 0.333. The highest BCUT2D eigenvalue weighted by atomic mass is 35.5. The average Bonchev–Trinajstić information content (AvgIpc) is 2.77. The van der Waals surface area contributed by atoms with Crippen LogP contribution in [-0.4, -0.2) is 52.7 Å². The van der Waals surface area contributed by atoms with Gasteiger partial charge in [-0.05, 0) is 44.5 Å². The molecule has 10 heteroatoms. The van der Waals surface area contributed by atoms with Crippen LogP contribution in [0.1, 0.15) is 20.3 Å². The Labute approximate surface area is 195 Å². The van der Waals surface area contributed by atoms with Gasteiger partial charge in [-0.15, -0.1) is 0 Å². The van der Waals surface area contributed by atoms with Gasteiger partial charge < -0.3 is 20.5 Å². The maximum absolute atomic E-state index is 13.4. The van der Waals surface area contributed by atoms with Crippen LogP contribution in [0.25, 0.3) is 10.9 Å². The van der Waals surface area contributed by atoms with Gasteiger partial charge in [0.05, 0.1) is 34.9 Å². The number of ether oxygens (including phenoxy) is 2. The Morgan fingerprint density at radius 2 is 2.12 bits per heavy atom. The lowest BCUT2D eigenvalue weighted by molar-refractivity contribution is -0.160. The van der Waals surface area contributed by atoms with Crippen molar-refractivity contribution in [1.29, 1.82) is 0 Å². The molecule has 174 valence electrons. The molecule has 3 aromatic rings. The summed E-state index contributed by atoms with van der Waals surface area (Å²) >= 11 is 5.87. The number of nitrogens with one attached hydrogen (secondary N) is 1. The number of fused-ring (bicyclic) bond motifs is 1. The number of nitrogens with zero attached hydrogens (tertiary/aromatic N) is 3.